The molecule has 0 amide bonds. The lowest BCUT2D eigenvalue weighted by molar-refractivity contribution is 0.343. The van der Waals surface area contributed by atoms with E-state index in [1.807, 2.05) is 12.1 Å². The minimum atomic E-state index is 0.114. The van der Waals surface area contributed by atoms with E-state index in [1.165, 1.54) is 17.3 Å². The molecule has 0 aliphatic heterocycles. The molecule has 27 heavy (non-hydrogen) atoms. The molecule has 0 bridgehead atoms. The molecule has 1 heterocycles. The summed E-state index contributed by atoms with van der Waals surface area (Å²) in [7, 11) is 0. The van der Waals surface area contributed by atoms with Crippen LogP contribution >= 0.6 is 11.8 Å². The lowest BCUT2D eigenvalue weighted by Crippen LogP contribution is -2.10. The first kappa shape index (κ1) is 19.0. The second kappa shape index (κ2) is 8.28. The summed E-state index contributed by atoms with van der Waals surface area (Å²) in [5, 5.41) is 17.5. The molecular formula is C21H21N3O2S. The van der Waals surface area contributed by atoms with Gasteiger partial charge in [-0.2, -0.15) is 5.26 Å². The predicted molar refractivity (Wildman–Crippen MR) is 106 cm³/mol. The van der Waals surface area contributed by atoms with Crippen molar-refractivity contribution < 1.29 is 9.15 Å². The van der Waals surface area contributed by atoms with Crippen molar-refractivity contribution in [2.75, 3.05) is 12.4 Å². The second-order valence-electron chi connectivity index (χ2n) is 7.03. The van der Waals surface area contributed by atoms with Crippen molar-refractivity contribution >= 4 is 11.8 Å². The molecule has 6 heteroatoms. The average Bonchev–Trinajstić information content (AvgIpc) is 3.14. The van der Waals surface area contributed by atoms with Gasteiger partial charge in [0.15, 0.2) is 0 Å². The Morgan fingerprint density at radius 1 is 1.04 bits per heavy atom. The van der Waals surface area contributed by atoms with Crippen LogP contribution < -0.4 is 4.74 Å². The van der Waals surface area contributed by atoms with Crippen LogP contribution in [-0.2, 0) is 5.41 Å². The van der Waals surface area contributed by atoms with Crippen LogP contribution in [0.3, 0.4) is 0 Å². The molecule has 3 rings (SSSR count). The summed E-state index contributed by atoms with van der Waals surface area (Å²) in [4.78, 5) is 0. The fourth-order valence-electron chi connectivity index (χ4n) is 2.41. The number of thioether (sulfide) groups is 1. The number of hydrogen-bond acceptors (Lipinski definition) is 6. The van der Waals surface area contributed by atoms with Gasteiger partial charge in [0.05, 0.1) is 18.2 Å². The zero-order valence-corrected chi connectivity index (χ0v) is 16.4. The molecule has 0 saturated heterocycles. The molecule has 0 fully saturated rings. The highest BCUT2D eigenvalue weighted by atomic mass is 32.2. The summed E-state index contributed by atoms with van der Waals surface area (Å²) in [5.74, 6) is 1.94. The normalized spacial score (nSPS) is 11.2. The Morgan fingerprint density at radius 3 is 2.37 bits per heavy atom. The van der Waals surface area contributed by atoms with Crippen molar-refractivity contribution in [1.82, 2.24) is 10.2 Å². The molecule has 0 spiro atoms. The zero-order chi connectivity index (χ0) is 19.3. The maximum absolute atomic E-state index is 8.78. The zero-order valence-electron chi connectivity index (χ0n) is 15.6. The maximum atomic E-state index is 8.78. The predicted octanol–water partition coefficient (Wildman–Crippen LogP) is 5.08. The van der Waals surface area contributed by atoms with Gasteiger partial charge in [-0.15, -0.1) is 10.2 Å². The van der Waals surface area contributed by atoms with Crippen LogP contribution in [0.2, 0.25) is 0 Å². The van der Waals surface area contributed by atoms with Crippen LogP contribution in [0.25, 0.3) is 11.5 Å². The summed E-state index contributed by atoms with van der Waals surface area (Å²) in [6.07, 6.45) is 0. The number of hydrogen-bond donors (Lipinski definition) is 0. The van der Waals surface area contributed by atoms with E-state index in [2.05, 4.69) is 49.2 Å². The van der Waals surface area contributed by atoms with Crippen LogP contribution in [0.1, 0.15) is 31.9 Å². The summed E-state index contributed by atoms with van der Waals surface area (Å²) in [6, 6.07) is 17.3. The van der Waals surface area contributed by atoms with Gasteiger partial charge < -0.3 is 9.15 Å². The summed E-state index contributed by atoms with van der Waals surface area (Å²) in [5.41, 5.74) is 2.91. The Bertz CT molecular complexity index is 920. The smallest absolute Gasteiger partial charge is 0.276 e. The van der Waals surface area contributed by atoms with Gasteiger partial charge in [-0.05, 0) is 47.4 Å². The molecule has 5 nitrogen and oxygen atoms in total. The molecule has 0 saturated carbocycles. The minimum Gasteiger partial charge on any atom is -0.493 e. The van der Waals surface area contributed by atoms with E-state index in [1.54, 1.807) is 24.3 Å². The third-order valence-corrected chi connectivity index (χ3v) is 4.75. The van der Waals surface area contributed by atoms with E-state index >= 15 is 0 Å². The van der Waals surface area contributed by atoms with Gasteiger partial charge in [-0.3, -0.25) is 0 Å². The van der Waals surface area contributed by atoms with Crippen LogP contribution in [0.4, 0.5) is 0 Å². The fourth-order valence-corrected chi connectivity index (χ4v) is 2.99. The molecule has 0 unspecified atom stereocenters. The molecule has 0 N–H and O–H groups in total. The van der Waals surface area contributed by atoms with Gasteiger partial charge in [0, 0.05) is 11.3 Å². The number of rotatable bonds is 6. The van der Waals surface area contributed by atoms with Gasteiger partial charge in [0.2, 0.25) is 5.89 Å². The van der Waals surface area contributed by atoms with Crippen molar-refractivity contribution in [2.45, 2.75) is 31.4 Å². The molecular weight excluding hydrogens is 358 g/mol. The number of aromatic nitrogens is 2. The molecule has 3 aromatic rings. The Labute approximate surface area is 163 Å². The maximum Gasteiger partial charge on any atom is 0.276 e. The van der Waals surface area contributed by atoms with Crippen molar-refractivity contribution in [1.29, 1.82) is 5.26 Å². The van der Waals surface area contributed by atoms with Crippen molar-refractivity contribution in [3.8, 4) is 23.3 Å². The molecule has 138 valence electrons. The van der Waals surface area contributed by atoms with E-state index in [9.17, 15) is 0 Å². The third-order valence-electron chi connectivity index (χ3n) is 3.97. The molecule has 1 aromatic heterocycles. The number of benzene rings is 2. The summed E-state index contributed by atoms with van der Waals surface area (Å²) in [6.45, 7) is 7.06. The molecule has 0 atom stereocenters. The summed E-state index contributed by atoms with van der Waals surface area (Å²) < 4.78 is 11.4. The van der Waals surface area contributed by atoms with Gasteiger partial charge in [0.25, 0.3) is 5.22 Å². The SMILES string of the molecule is CC(C)(C)c1ccc(-c2nnc(SCCOc3ccc(C#N)cc3)o2)cc1. The lowest BCUT2D eigenvalue weighted by Gasteiger charge is -2.18. The van der Waals surface area contributed by atoms with Gasteiger partial charge in [-0.1, -0.05) is 44.7 Å². The average molecular weight is 379 g/mol. The molecule has 2 aromatic carbocycles. The monoisotopic (exact) mass is 379 g/mol. The van der Waals surface area contributed by atoms with E-state index < -0.39 is 0 Å². The largest absolute Gasteiger partial charge is 0.493 e. The van der Waals surface area contributed by atoms with E-state index in [0.29, 0.717) is 29.0 Å². The number of nitriles is 1. The minimum absolute atomic E-state index is 0.114. The van der Waals surface area contributed by atoms with Crippen molar-refractivity contribution in [2.24, 2.45) is 0 Å². The quantitative estimate of drug-likeness (QED) is 0.439. The van der Waals surface area contributed by atoms with Gasteiger partial charge in [0.1, 0.15) is 5.75 Å². The fraction of sp³-hybridized carbons (Fsp3) is 0.286. The van der Waals surface area contributed by atoms with E-state index in [4.69, 9.17) is 14.4 Å². The number of ether oxygens (including phenoxy) is 1. The number of nitrogens with zero attached hydrogens (tertiary/aromatic N) is 3. The summed E-state index contributed by atoms with van der Waals surface area (Å²) >= 11 is 1.45. The molecule has 0 aliphatic carbocycles. The first-order chi connectivity index (χ1) is 13.0. The lowest BCUT2D eigenvalue weighted by atomic mass is 9.87. The standard InChI is InChI=1S/C21H21N3O2S/c1-21(2,3)17-8-6-16(7-9-17)19-23-24-20(26-19)27-13-12-25-18-10-4-15(14-22)5-11-18/h4-11H,12-13H2,1-3H3. The van der Waals surface area contributed by atoms with Crippen LogP contribution in [0, 0.1) is 11.3 Å². The molecule has 0 aliphatic rings. The second-order valence-corrected chi connectivity index (χ2v) is 8.08. The Balaban J connectivity index is 1.51. The van der Waals surface area contributed by atoms with E-state index in [-0.39, 0.29) is 5.41 Å². The van der Waals surface area contributed by atoms with Gasteiger partial charge >= 0.3 is 0 Å². The Morgan fingerprint density at radius 2 is 1.74 bits per heavy atom. The highest BCUT2D eigenvalue weighted by Crippen LogP contribution is 2.27. The van der Waals surface area contributed by atoms with Crippen molar-refractivity contribution in [3.05, 3.63) is 59.7 Å². The first-order valence-electron chi connectivity index (χ1n) is 8.66. The Hall–Kier alpha value is -2.78. The van der Waals surface area contributed by atoms with E-state index in [0.717, 1.165) is 11.3 Å². The van der Waals surface area contributed by atoms with Crippen molar-refractivity contribution in [3.63, 3.8) is 0 Å². The third kappa shape index (κ3) is 5.11. The molecule has 0 radical (unpaired) electrons. The highest BCUT2D eigenvalue weighted by molar-refractivity contribution is 7.99. The Kier molecular flexibility index (Phi) is 5.82. The van der Waals surface area contributed by atoms with Crippen LogP contribution in [0.15, 0.2) is 58.2 Å². The van der Waals surface area contributed by atoms with Crippen LogP contribution in [-0.4, -0.2) is 22.6 Å². The van der Waals surface area contributed by atoms with Gasteiger partial charge in [-0.25, -0.2) is 0 Å². The topological polar surface area (TPSA) is 71.9 Å². The highest BCUT2D eigenvalue weighted by Gasteiger charge is 2.14. The van der Waals surface area contributed by atoms with Crippen LogP contribution in [0.5, 0.6) is 5.75 Å². The first-order valence-corrected chi connectivity index (χ1v) is 9.64.